The van der Waals surface area contributed by atoms with Crippen LogP contribution in [0.4, 0.5) is 13.2 Å². The molecule has 0 heterocycles. The van der Waals surface area contributed by atoms with Gasteiger partial charge in [0, 0.05) is 9.13 Å². The molecule has 0 saturated carbocycles. The molecule has 0 radical (unpaired) electrons. The second kappa shape index (κ2) is 4.70. The van der Waals surface area contributed by atoms with E-state index in [2.05, 4.69) is 0 Å². The molecule has 0 saturated heterocycles. The van der Waals surface area contributed by atoms with Crippen LogP contribution in [0.15, 0.2) is 12.1 Å². The normalized spacial score (nSPS) is 11.3. The van der Waals surface area contributed by atoms with E-state index in [1.165, 1.54) is 22.6 Å². The zero-order valence-corrected chi connectivity index (χ0v) is 10.4. The lowest BCUT2D eigenvalue weighted by Gasteiger charge is -2.10. The van der Waals surface area contributed by atoms with Crippen LogP contribution in [0.25, 0.3) is 0 Å². The van der Waals surface area contributed by atoms with E-state index in [9.17, 15) is 22.8 Å². The number of alkyl halides is 3. The monoisotopic (exact) mass is 362 g/mol. The molecule has 0 aliphatic rings. The van der Waals surface area contributed by atoms with Crippen molar-refractivity contribution in [2.45, 2.75) is 6.18 Å². The van der Waals surface area contributed by atoms with Crippen molar-refractivity contribution in [1.82, 2.24) is 0 Å². The Morgan fingerprint density at radius 3 is 2.31 bits per heavy atom. The Kier molecular flexibility index (Phi) is 3.95. The Hall–Kier alpha value is -0.630. The SMILES string of the molecule is O=Cc1cc(C(F)(F)F)cc(I)c1C(=O)Cl. The minimum Gasteiger partial charge on any atom is -0.298 e. The lowest BCUT2D eigenvalue weighted by molar-refractivity contribution is -0.137. The van der Waals surface area contributed by atoms with Crippen LogP contribution in [0.1, 0.15) is 26.3 Å². The minimum absolute atomic E-state index is 0.00507. The van der Waals surface area contributed by atoms with Gasteiger partial charge >= 0.3 is 6.18 Å². The van der Waals surface area contributed by atoms with Gasteiger partial charge in [-0.05, 0) is 46.3 Å². The van der Waals surface area contributed by atoms with E-state index in [1.54, 1.807) is 0 Å². The van der Waals surface area contributed by atoms with Gasteiger partial charge in [0.1, 0.15) is 0 Å². The van der Waals surface area contributed by atoms with Gasteiger partial charge in [-0.25, -0.2) is 0 Å². The van der Waals surface area contributed by atoms with E-state index in [4.69, 9.17) is 11.6 Å². The molecule has 0 unspecified atom stereocenters. The van der Waals surface area contributed by atoms with Crippen molar-refractivity contribution in [3.05, 3.63) is 32.4 Å². The molecule has 1 rings (SSSR count). The maximum Gasteiger partial charge on any atom is 0.416 e. The third-order valence-corrected chi connectivity index (χ3v) is 2.81. The Morgan fingerprint density at radius 1 is 1.38 bits per heavy atom. The van der Waals surface area contributed by atoms with Gasteiger partial charge in [0.05, 0.1) is 11.1 Å². The summed E-state index contributed by atoms with van der Waals surface area (Å²) in [6, 6.07) is 1.37. The van der Waals surface area contributed by atoms with Crippen LogP contribution in [-0.2, 0) is 6.18 Å². The maximum absolute atomic E-state index is 12.4. The molecule has 0 amide bonds. The van der Waals surface area contributed by atoms with Crippen molar-refractivity contribution in [3.63, 3.8) is 0 Å². The fourth-order valence-electron chi connectivity index (χ4n) is 1.09. The van der Waals surface area contributed by atoms with Crippen molar-refractivity contribution in [1.29, 1.82) is 0 Å². The summed E-state index contributed by atoms with van der Waals surface area (Å²) >= 11 is 6.70. The smallest absolute Gasteiger partial charge is 0.298 e. The third-order valence-electron chi connectivity index (χ3n) is 1.77. The molecule has 0 N–H and O–H groups in total. The molecule has 0 aliphatic carbocycles. The molecule has 2 nitrogen and oxygen atoms in total. The minimum atomic E-state index is -4.56. The quantitative estimate of drug-likeness (QED) is 0.458. The molecule has 86 valence electrons. The van der Waals surface area contributed by atoms with E-state index in [0.29, 0.717) is 6.07 Å². The lowest BCUT2D eigenvalue weighted by Crippen LogP contribution is -2.09. The van der Waals surface area contributed by atoms with Crippen molar-refractivity contribution in [2.24, 2.45) is 0 Å². The van der Waals surface area contributed by atoms with Crippen LogP contribution < -0.4 is 0 Å². The van der Waals surface area contributed by atoms with Gasteiger partial charge in [-0.3, -0.25) is 9.59 Å². The summed E-state index contributed by atoms with van der Waals surface area (Å²) in [4.78, 5) is 21.5. The number of carbonyl (C=O) groups excluding carboxylic acids is 2. The summed E-state index contributed by atoms with van der Waals surface area (Å²) in [6.07, 6.45) is -4.39. The molecule has 0 fully saturated rings. The Morgan fingerprint density at radius 2 is 1.94 bits per heavy atom. The average Bonchev–Trinajstić information content (AvgIpc) is 2.14. The third kappa shape index (κ3) is 2.73. The summed E-state index contributed by atoms with van der Waals surface area (Å²) in [5, 5.41) is -0.958. The van der Waals surface area contributed by atoms with E-state index in [1.807, 2.05) is 0 Å². The summed E-state index contributed by atoms with van der Waals surface area (Å²) in [5.74, 6) is 0. The Balaban J connectivity index is 3.50. The first-order valence-corrected chi connectivity index (χ1v) is 5.28. The molecule has 7 heteroatoms. The number of hydrogen-bond acceptors (Lipinski definition) is 2. The molecular weight excluding hydrogens is 359 g/mol. The van der Waals surface area contributed by atoms with E-state index >= 15 is 0 Å². The Labute approximate surface area is 107 Å². The molecular formula is C9H3ClF3IO2. The van der Waals surface area contributed by atoms with E-state index in [0.717, 1.165) is 6.07 Å². The second-order valence-electron chi connectivity index (χ2n) is 2.81. The first-order chi connectivity index (χ1) is 7.27. The highest BCUT2D eigenvalue weighted by Crippen LogP contribution is 2.32. The van der Waals surface area contributed by atoms with Crippen LogP contribution in [0.5, 0.6) is 0 Å². The standard InChI is InChI=1S/C9H3ClF3IO2/c10-8(16)7-4(3-15)1-5(2-6(7)14)9(11,12)13/h1-3H. The predicted octanol–water partition coefficient (Wildman–Crippen LogP) is 3.50. The first kappa shape index (κ1) is 13.4. The van der Waals surface area contributed by atoms with Gasteiger partial charge in [-0.15, -0.1) is 0 Å². The van der Waals surface area contributed by atoms with Crippen molar-refractivity contribution < 1.29 is 22.8 Å². The van der Waals surface area contributed by atoms with Crippen LogP contribution >= 0.6 is 34.2 Å². The average molecular weight is 362 g/mol. The molecule has 16 heavy (non-hydrogen) atoms. The molecule has 0 spiro atoms. The number of benzene rings is 1. The molecule has 1 aromatic carbocycles. The molecule has 0 atom stereocenters. The van der Waals surface area contributed by atoms with Crippen molar-refractivity contribution in [2.75, 3.05) is 0 Å². The second-order valence-corrected chi connectivity index (χ2v) is 4.32. The maximum atomic E-state index is 12.4. The van der Waals surface area contributed by atoms with Crippen LogP contribution in [0, 0.1) is 3.57 Å². The summed E-state index contributed by atoms with van der Waals surface area (Å²) in [7, 11) is 0. The fourth-order valence-corrected chi connectivity index (χ4v) is 2.35. The highest BCUT2D eigenvalue weighted by molar-refractivity contribution is 14.1. The molecule has 0 aromatic heterocycles. The summed E-state index contributed by atoms with van der Waals surface area (Å²) in [6.45, 7) is 0. The predicted molar refractivity (Wildman–Crippen MR) is 59.7 cm³/mol. The van der Waals surface area contributed by atoms with E-state index < -0.39 is 17.0 Å². The Bertz CT molecular complexity index is 457. The summed E-state index contributed by atoms with van der Waals surface area (Å²) < 4.78 is 37.1. The number of carbonyl (C=O) groups is 2. The zero-order chi connectivity index (χ0) is 12.5. The summed E-state index contributed by atoms with van der Waals surface area (Å²) in [5.41, 5.74) is -1.55. The van der Waals surface area contributed by atoms with Gasteiger partial charge in [0.15, 0.2) is 6.29 Å². The van der Waals surface area contributed by atoms with Crippen LogP contribution in [0.3, 0.4) is 0 Å². The van der Waals surface area contributed by atoms with Gasteiger partial charge in [-0.1, -0.05) is 0 Å². The first-order valence-electron chi connectivity index (χ1n) is 3.83. The molecule has 0 bridgehead atoms. The highest BCUT2D eigenvalue weighted by Gasteiger charge is 2.32. The van der Waals surface area contributed by atoms with Crippen molar-refractivity contribution in [3.8, 4) is 0 Å². The van der Waals surface area contributed by atoms with Gasteiger partial charge in [0.2, 0.25) is 0 Å². The van der Waals surface area contributed by atoms with Crippen molar-refractivity contribution >= 4 is 45.7 Å². The van der Waals surface area contributed by atoms with Crippen LogP contribution in [0.2, 0.25) is 0 Å². The number of rotatable bonds is 2. The zero-order valence-electron chi connectivity index (χ0n) is 7.44. The van der Waals surface area contributed by atoms with Crippen LogP contribution in [-0.4, -0.2) is 11.5 Å². The molecule has 1 aromatic rings. The van der Waals surface area contributed by atoms with E-state index in [-0.39, 0.29) is 21.0 Å². The van der Waals surface area contributed by atoms with Gasteiger partial charge < -0.3 is 0 Å². The number of halogens is 5. The van der Waals surface area contributed by atoms with Gasteiger partial charge in [-0.2, -0.15) is 13.2 Å². The molecule has 0 aliphatic heterocycles. The lowest BCUT2D eigenvalue weighted by atomic mass is 10.1. The largest absolute Gasteiger partial charge is 0.416 e. The highest BCUT2D eigenvalue weighted by atomic mass is 127. The van der Waals surface area contributed by atoms with Gasteiger partial charge in [0.25, 0.3) is 5.24 Å². The fraction of sp³-hybridized carbons (Fsp3) is 0.111. The number of aldehydes is 1. The number of hydrogen-bond donors (Lipinski definition) is 0. The topological polar surface area (TPSA) is 34.1 Å².